The Kier molecular flexibility index (Phi) is 6.14. The monoisotopic (exact) mass is 465 g/mol. The lowest BCUT2D eigenvalue weighted by Crippen LogP contribution is -2.42. The van der Waals surface area contributed by atoms with Crippen LogP contribution in [0.15, 0.2) is 30.3 Å². The van der Waals surface area contributed by atoms with Crippen LogP contribution in [0.4, 0.5) is 4.39 Å². The Bertz CT molecular complexity index is 1200. The number of thiophene rings is 1. The molecule has 1 atom stereocenters. The SMILES string of the molecule is COCCN(C(=O)c1cc2c(C)nn(Cc3ccc(F)cc3)c2s1)C1CCS(=O)(=O)C1. The smallest absolute Gasteiger partial charge is 0.264 e. The van der Waals surface area contributed by atoms with E-state index in [2.05, 4.69) is 5.10 Å². The normalized spacial score (nSPS) is 18.0. The summed E-state index contributed by atoms with van der Waals surface area (Å²) < 4.78 is 44.1. The molecule has 0 bridgehead atoms. The van der Waals surface area contributed by atoms with Crippen molar-refractivity contribution in [3.05, 3.63) is 52.3 Å². The van der Waals surface area contributed by atoms with Crippen molar-refractivity contribution in [2.24, 2.45) is 0 Å². The summed E-state index contributed by atoms with van der Waals surface area (Å²) in [6, 6.07) is 7.74. The molecular weight excluding hydrogens is 441 g/mol. The van der Waals surface area contributed by atoms with E-state index in [0.29, 0.717) is 31.0 Å². The molecular formula is C21H24FN3O4S2. The summed E-state index contributed by atoms with van der Waals surface area (Å²) in [4.78, 5) is 16.4. The molecule has 0 aliphatic carbocycles. The number of ether oxygens (including phenoxy) is 1. The molecule has 1 amide bonds. The number of carbonyl (C=O) groups is 1. The highest BCUT2D eigenvalue weighted by atomic mass is 32.2. The Balaban J connectivity index is 1.63. The molecule has 1 saturated heterocycles. The van der Waals surface area contributed by atoms with Gasteiger partial charge in [-0.05, 0) is 37.1 Å². The number of rotatable bonds is 7. The molecule has 3 heterocycles. The second-order valence-electron chi connectivity index (χ2n) is 7.75. The highest BCUT2D eigenvalue weighted by molar-refractivity contribution is 7.91. The quantitative estimate of drug-likeness (QED) is 0.536. The second-order valence-corrected chi connectivity index (χ2v) is 11.0. The van der Waals surface area contributed by atoms with Crippen LogP contribution in [-0.4, -0.2) is 66.8 Å². The van der Waals surface area contributed by atoms with Gasteiger partial charge >= 0.3 is 0 Å². The van der Waals surface area contributed by atoms with Crippen molar-refractivity contribution in [2.45, 2.75) is 25.9 Å². The van der Waals surface area contributed by atoms with Crippen LogP contribution in [0.1, 0.15) is 27.3 Å². The first-order valence-corrected chi connectivity index (χ1v) is 12.6. The zero-order valence-electron chi connectivity index (χ0n) is 17.4. The Hall–Kier alpha value is -2.30. The Morgan fingerprint density at radius 3 is 2.74 bits per heavy atom. The van der Waals surface area contributed by atoms with E-state index in [1.165, 1.54) is 23.5 Å². The minimum Gasteiger partial charge on any atom is -0.383 e. The molecule has 31 heavy (non-hydrogen) atoms. The summed E-state index contributed by atoms with van der Waals surface area (Å²) >= 11 is 1.34. The lowest BCUT2D eigenvalue weighted by Gasteiger charge is -2.27. The fraction of sp³-hybridized carbons (Fsp3) is 0.429. The maximum absolute atomic E-state index is 13.3. The van der Waals surface area contributed by atoms with Crippen LogP contribution in [0, 0.1) is 12.7 Å². The maximum atomic E-state index is 13.3. The van der Waals surface area contributed by atoms with Gasteiger partial charge in [0.25, 0.3) is 5.91 Å². The van der Waals surface area contributed by atoms with Crippen molar-refractivity contribution in [1.29, 1.82) is 0 Å². The molecule has 1 aliphatic rings. The number of nitrogens with zero attached hydrogens (tertiary/aromatic N) is 3. The largest absolute Gasteiger partial charge is 0.383 e. The number of fused-ring (bicyclic) bond motifs is 1. The predicted octanol–water partition coefficient (Wildman–Crippen LogP) is 2.87. The van der Waals surface area contributed by atoms with Crippen molar-refractivity contribution >= 4 is 37.3 Å². The Labute approximate surface area is 184 Å². The van der Waals surface area contributed by atoms with Gasteiger partial charge in [0, 0.05) is 25.1 Å². The number of sulfone groups is 1. The van der Waals surface area contributed by atoms with Gasteiger partial charge in [-0.2, -0.15) is 5.10 Å². The Morgan fingerprint density at radius 2 is 2.10 bits per heavy atom. The number of methoxy groups -OCH3 is 1. The lowest BCUT2D eigenvalue weighted by molar-refractivity contribution is 0.0629. The number of aryl methyl sites for hydroxylation is 1. The van der Waals surface area contributed by atoms with Crippen LogP contribution in [0.3, 0.4) is 0 Å². The number of hydrogen-bond donors (Lipinski definition) is 0. The second kappa shape index (κ2) is 8.68. The van der Waals surface area contributed by atoms with E-state index in [0.717, 1.165) is 21.5 Å². The van der Waals surface area contributed by atoms with Crippen molar-refractivity contribution < 1.29 is 22.3 Å². The van der Waals surface area contributed by atoms with Gasteiger partial charge in [-0.15, -0.1) is 11.3 Å². The minimum absolute atomic E-state index is 0.00920. The standard InChI is InChI=1S/C21H24FN3O4S2/c1-14-18-11-19(20(26)24(8-9-29-2)17-7-10-31(27,28)13-17)30-21(18)25(23-14)12-15-3-5-16(22)6-4-15/h3-6,11,17H,7-10,12-13H2,1-2H3. The fourth-order valence-corrected chi connectivity index (χ4v) is 6.74. The summed E-state index contributed by atoms with van der Waals surface area (Å²) in [6.07, 6.45) is 0.444. The van der Waals surface area contributed by atoms with Crippen LogP contribution in [0.25, 0.3) is 10.2 Å². The summed E-state index contributed by atoms with van der Waals surface area (Å²) in [5.74, 6) is -0.384. The average Bonchev–Trinajstić information content (AvgIpc) is 3.39. The molecule has 4 rings (SSSR count). The number of hydrogen-bond acceptors (Lipinski definition) is 6. The van der Waals surface area contributed by atoms with E-state index in [1.54, 1.807) is 24.1 Å². The van der Waals surface area contributed by atoms with Crippen molar-refractivity contribution in [3.8, 4) is 0 Å². The molecule has 166 valence electrons. The highest BCUT2D eigenvalue weighted by Gasteiger charge is 2.35. The fourth-order valence-electron chi connectivity index (χ4n) is 3.89. The number of aromatic nitrogens is 2. The van der Waals surface area contributed by atoms with Gasteiger partial charge in [0.1, 0.15) is 10.6 Å². The first-order chi connectivity index (χ1) is 14.8. The summed E-state index contributed by atoms with van der Waals surface area (Å²) in [5.41, 5.74) is 1.71. The highest BCUT2D eigenvalue weighted by Crippen LogP contribution is 2.31. The predicted molar refractivity (Wildman–Crippen MR) is 118 cm³/mol. The van der Waals surface area contributed by atoms with E-state index in [1.807, 2.05) is 17.7 Å². The summed E-state index contributed by atoms with van der Waals surface area (Å²) in [7, 11) is -1.56. The molecule has 0 N–H and O–H groups in total. The van der Waals surface area contributed by atoms with Gasteiger partial charge in [0.15, 0.2) is 9.84 Å². The molecule has 0 spiro atoms. The number of halogens is 1. The van der Waals surface area contributed by atoms with Crippen LogP contribution in [0.5, 0.6) is 0 Å². The molecule has 10 heteroatoms. The van der Waals surface area contributed by atoms with Crippen LogP contribution in [0.2, 0.25) is 0 Å². The van der Waals surface area contributed by atoms with Crippen molar-refractivity contribution in [3.63, 3.8) is 0 Å². The molecule has 1 aliphatic heterocycles. The number of carbonyl (C=O) groups excluding carboxylic acids is 1. The third-order valence-corrected chi connectivity index (χ3v) is 8.40. The van der Waals surface area contributed by atoms with Gasteiger partial charge in [-0.1, -0.05) is 12.1 Å². The van der Waals surface area contributed by atoms with E-state index < -0.39 is 9.84 Å². The van der Waals surface area contributed by atoms with Crippen LogP contribution in [-0.2, 0) is 21.1 Å². The van der Waals surface area contributed by atoms with Crippen molar-refractivity contribution in [2.75, 3.05) is 31.8 Å². The van der Waals surface area contributed by atoms with Gasteiger partial charge in [0.05, 0.1) is 35.2 Å². The number of amides is 1. The van der Waals surface area contributed by atoms with Gasteiger partial charge < -0.3 is 9.64 Å². The van der Waals surface area contributed by atoms with Gasteiger partial charge in [0.2, 0.25) is 0 Å². The van der Waals surface area contributed by atoms with E-state index in [-0.39, 0.29) is 29.3 Å². The molecule has 3 aromatic rings. The average molecular weight is 466 g/mol. The molecule has 1 aromatic carbocycles. The van der Waals surface area contributed by atoms with Crippen LogP contribution >= 0.6 is 11.3 Å². The van der Waals surface area contributed by atoms with Gasteiger partial charge in [-0.3, -0.25) is 9.48 Å². The molecule has 0 saturated carbocycles. The third-order valence-electron chi connectivity index (χ3n) is 5.51. The summed E-state index contributed by atoms with van der Waals surface area (Å²) in [6.45, 7) is 3.03. The molecule has 7 nitrogen and oxygen atoms in total. The maximum Gasteiger partial charge on any atom is 0.264 e. The summed E-state index contributed by atoms with van der Waals surface area (Å²) in [5, 5.41) is 5.46. The molecule has 0 radical (unpaired) electrons. The topological polar surface area (TPSA) is 81.5 Å². The zero-order chi connectivity index (χ0) is 22.2. The number of benzene rings is 1. The van der Waals surface area contributed by atoms with Crippen LogP contribution < -0.4 is 0 Å². The van der Waals surface area contributed by atoms with Gasteiger partial charge in [-0.25, -0.2) is 12.8 Å². The third kappa shape index (κ3) is 4.65. The first kappa shape index (κ1) is 21.9. The molecule has 1 fully saturated rings. The van der Waals surface area contributed by atoms with E-state index in [9.17, 15) is 17.6 Å². The molecule has 1 unspecified atom stereocenters. The van der Waals surface area contributed by atoms with E-state index >= 15 is 0 Å². The Morgan fingerprint density at radius 1 is 1.35 bits per heavy atom. The molecule has 2 aromatic heterocycles. The minimum atomic E-state index is -3.12. The lowest BCUT2D eigenvalue weighted by atomic mass is 10.2. The first-order valence-electron chi connectivity index (χ1n) is 9.99. The van der Waals surface area contributed by atoms with E-state index in [4.69, 9.17) is 4.74 Å². The zero-order valence-corrected chi connectivity index (χ0v) is 19.0. The van der Waals surface area contributed by atoms with Crippen molar-refractivity contribution in [1.82, 2.24) is 14.7 Å².